The first-order valence-electron chi connectivity index (χ1n) is 21.0. The zero-order chi connectivity index (χ0) is 39.9. The van der Waals surface area contributed by atoms with Gasteiger partial charge in [0, 0.05) is 29.6 Å². The van der Waals surface area contributed by atoms with E-state index in [0.717, 1.165) is 36.2 Å². The quantitative estimate of drug-likeness (QED) is 0.172. The fraction of sp³-hybridized carbons (Fsp3) is 0.105. The molecule has 0 saturated heterocycles. The number of aromatic nitrogens is 1. The molecule has 2 nitrogen and oxygen atoms in total. The minimum Gasteiger partial charge on any atom is -0.398 e. The third kappa shape index (κ3) is 5.98. The maximum atomic E-state index is 6.52. The number of para-hydroxylation sites is 1. The third-order valence-electron chi connectivity index (χ3n) is 12.5. The van der Waals surface area contributed by atoms with Gasteiger partial charge in [0.1, 0.15) is 0 Å². The van der Waals surface area contributed by atoms with Gasteiger partial charge in [0.25, 0.3) is 0 Å². The lowest BCUT2D eigenvalue weighted by molar-refractivity contribution is 0.794. The average molecular weight is 759 g/mol. The second-order valence-corrected chi connectivity index (χ2v) is 15.5. The molecular weight excluding hydrogens is 713 g/mol. The Balaban J connectivity index is 0.00000207. The van der Waals surface area contributed by atoms with E-state index in [9.17, 15) is 0 Å². The second-order valence-electron chi connectivity index (χ2n) is 15.5. The minimum atomic E-state index is -0.341. The van der Waals surface area contributed by atoms with Gasteiger partial charge < -0.3 is 5.73 Å². The molecule has 0 saturated carbocycles. The summed E-state index contributed by atoms with van der Waals surface area (Å²) >= 11 is 0. The van der Waals surface area contributed by atoms with Gasteiger partial charge >= 0.3 is 0 Å². The largest absolute Gasteiger partial charge is 0.398 e. The first-order chi connectivity index (χ1) is 29.2. The van der Waals surface area contributed by atoms with E-state index in [1.807, 2.05) is 44.3 Å². The van der Waals surface area contributed by atoms with Crippen LogP contribution in [0.3, 0.4) is 0 Å². The van der Waals surface area contributed by atoms with Crippen LogP contribution in [0.1, 0.15) is 65.8 Å². The monoisotopic (exact) mass is 758 g/mol. The van der Waals surface area contributed by atoms with E-state index in [4.69, 9.17) is 5.73 Å². The molecule has 59 heavy (non-hydrogen) atoms. The first-order valence-corrected chi connectivity index (χ1v) is 21.0. The molecule has 2 heteroatoms. The van der Waals surface area contributed by atoms with Gasteiger partial charge in [-0.1, -0.05) is 166 Å². The van der Waals surface area contributed by atoms with Gasteiger partial charge in [-0.15, -0.1) is 0 Å². The fourth-order valence-electron chi connectivity index (χ4n) is 9.88. The number of allylic oxidation sites excluding steroid dienone is 6. The number of benzene rings is 7. The van der Waals surface area contributed by atoms with Crippen molar-refractivity contribution in [2.45, 2.75) is 38.5 Å². The summed E-state index contributed by atoms with van der Waals surface area (Å²) < 4.78 is 0. The van der Waals surface area contributed by atoms with Crippen molar-refractivity contribution in [3.05, 3.63) is 239 Å². The van der Waals surface area contributed by atoms with Crippen molar-refractivity contribution < 1.29 is 0 Å². The number of nitrogen functional groups attached to an aromatic ring is 1. The van der Waals surface area contributed by atoms with Crippen molar-refractivity contribution in [2.24, 2.45) is 0 Å². The summed E-state index contributed by atoms with van der Waals surface area (Å²) in [4.78, 5) is 4.56. The average Bonchev–Trinajstić information content (AvgIpc) is 3.78. The van der Waals surface area contributed by atoms with E-state index in [1.54, 1.807) is 0 Å². The number of nitrogens with two attached hydrogens (primary N) is 1. The fourth-order valence-corrected chi connectivity index (χ4v) is 9.88. The molecule has 1 spiro atoms. The molecule has 0 atom stereocenters. The molecule has 0 bridgehead atoms. The highest BCUT2D eigenvalue weighted by Crippen LogP contribution is 2.63. The van der Waals surface area contributed by atoms with Crippen LogP contribution in [0, 0.1) is 0 Å². The number of nitrogens with zero attached hydrogens (tertiary/aromatic N) is 1. The second kappa shape index (κ2) is 15.0. The maximum absolute atomic E-state index is 6.52. The Morgan fingerprint density at radius 1 is 0.542 bits per heavy atom. The summed E-state index contributed by atoms with van der Waals surface area (Å²) in [7, 11) is 0. The number of hydrogen-bond acceptors (Lipinski definition) is 2. The Bertz CT molecular complexity index is 2930. The number of rotatable bonds is 6. The Morgan fingerprint density at radius 3 is 1.73 bits per heavy atom. The molecule has 11 rings (SSSR count). The highest BCUT2D eigenvalue weighted by Gasteiger charge is 2.51. The Labute approximate surface area is 347 Å². The molecule has 3 aliphatic carbocycles. The Kier molecular flexibility index (Phi) is 9.26. The van der Waals surface area contributed by atoms with Crippen molar-refractivity contribution in [3.63, 3.8) is 0 Å². The molecule has 0 radical (unpaired) electrons. The van der Waals surface area contributed by atoms with Gasteiger partial charge in [0.2, 0.25) is 0 Å². The van der Waals surface area contributed by atoms with Crippen LogP contribution >= 0.6 is 0 Å². The zero-order valence-electron chi connectivity index (χ0n) is 33.6. The summed E-state index contributed by atoms with van der Waals surface area (Å²) in [6.07, 6.45) is 11.4. The molecular formula is C57H46N2. The predicted octanol–water partition coefficient (Wildman–Crippen LogP) is 14.3. The van der Waals surface area contributed by atoms with Crippen LogP contribution in [0.2, 0.25) is 0 Å². The molecule has 0 fully saturated rings. The van der Waals surface area contributed by atoms with Crippen molar-refractivity contribution in [1.29, 1.82) is 0 Å². The third-order valence-corrected chi connectivity index (χ3v) is 12.5. The molecule has 2 N–H and O–H groups in total. The summed E-state index contributed by atoms with van der Waals surface area (Å²) in [6, 6.07) is 62.4. The normalized spacial score (nSPS) is 14.4. The lowest BCUT2D eigenvalue weighted by atomic mass is 9.70. The SMILES string of the molecule is CC.Nc1ccccc1/C(=C\Cc1ccccn1)C1=CC=C(c2ccc3cc(-c4ccc5c(c4)C4(c6ccccc6-c6ccccc64)c4ccccc4-5)ccc3c2)CC1. The topological polar surface area (TPSA) is 38.9 Å². The lowest BCUT2D eigenvalue weighted by Crippen LogP contribution is -2.25. The highest BCUT2D eigenvalue weighted by molar-refractivity contribution is 5.97. The smallest absolute Gasteiger partial charge is 0.0725 e. The zero-order valence-corrected chi connectivity index (χ0v) is 33.6. The van der Waals surface area contributed by atoms with E-state index >= 15 is 0 Å². The van der Waals surface area contributed by atoms with Gasteiger partial charge in [-0.2, -0.15) is 0 Å². The van der Waals surface area contributed by atoms with Crippen LogP contribution in [0.5, 0.6) is 0 Å². The van der Waals surface area contributed by atoms with Crippen molar-refractivity contribution in [2.75, 3.05) is 5.73 Å². The van der Waals surface area contributed by atoms with E-state index in [2.05, 4.69) is 169 Å². The molecule has 284 valence electrons. The summed E-state index contributed by atoms with van der Waals surface area (Å²) in [6.45, 7) is 4.00. The molecule has 8 aromatic rings. The van der Waals surface area contributed by atoms with Crippen LogP contribution in [0.15, 0.2) is 200 Å². The van der Waals surface area contributed by atoms with E-state index < -0.39 is 0 Å². The van der Waals surface area contributed by atoms with E-state index in [1.165, 1.54) is 88.7 Å². The highest BCUT2D eigenvalue weighted by atomic mass is 14.7. The summed E-state index contributed by atoms with van der Waals surface area (Å²) in [5, 5.41) is 2.50. The lowest BCUT2D eigenvalue weighted by Gasteiger charge is -2.30. The molecule has 0 amide bonds. The van der Waals surface area contributed by atoms with Crippen LogP contribution in [0.4, 0.5) is 5.69 Å². The van der Waals surface area contributed by atoms with Crippen molar-refractivity contribution in [3.8, 4) is 33.4 Å². The predicted molar refractivity (Wildman–Crippen MR) is 249 cm³/mol. The molecule has 7 aromatic carbocycles. The van der Waals surface area contributed by atoms with Gasteiger partial charge in [-0.25, -0.2) is 0 Å². The number of fused-ring (bicyclic) bond motifs is 11. The van der Waals surface area contributed by atoms with Crippen molar-refractivity contribution >= 4 is 27.6 Å². The van der Waals surface area contributed by atoms with E-state index in [-0.39, 0.29) is 5.41 Å². The summed E-state index contributed by atoms with van der Waals surface area (Å²) in [5.41, 5.74) is 27.5. The van der Waals surface area contributed by atoms with E-state index in [0.29, 0.717) is 0 Å². The van der Waals surface area contributed by atoms with Crippen LogP contribution in [-0.4, -0.2) is 4.98 Å². The number of hydrogen-bond donors (Lipinski definition) is 1. The van der Waals surface area contributed by atoms with Crippen LogP contribution in [-0.2, 0) is 11.8 Å². The number of pyridine rings is 1. The van der Waals surface area contributed by atoms with Gasteiger partial charge in [-0.05, 0) is 138 Å². The Hall–Kier alpha value is -7.03. The van der Waals surface area contributed by atoms with Crippen LogP contribution in [0.25, 0.3) is 55.3 Å². The maximum Gasteiger partial charge on any atom is 0.0725 e. The Morgan fingerprint density at radius 2 is 1.10 bits per heavy atom. The van der Waals surface area contributed by atoms with Gasteiger partial charge in [-0.3, -0.25) is 4.98 Å². The standard InChI is InChI=1S/C55H40N2.C2H6/c56-54-19-8-4-15-49(54)44(31-29-43-11-9-10-32-57-43)37-22-20-36(21-23-37)38-24-25-40-34-41(27-26-39(40)33-38)42-28-30-48-47-14-3-7-18-52(47)55(53(48)35-42)50-16-5-1-12-45(50)46-13-2-6-17-51(46)55;1-2/h1-20,22,24-28,30-35H,21,23,29,56H2;1-2H3/b44-31-;. The molecule has 0 aliphatic heterocycles. The van der Waals surface area contributed by atoms with Gasteiger partial charge in [0.15, 0.2) is 0 Å². The van der Waals surface area contributed by atoms with Crippen LogP contribution < -0.4 is 5.73 Å². The first kappa shape index (κ1) is 36.3. The molecule has 0 unspecified atom stereocenters. The minimum absolute atomic E-state index is 0.341. The summed E-state index contributed by atoms with van der Waals surface area (Å²) in [5.74, 6) is 0. The van der Waals surface area contributed by atoms with Crippen molar-refractivity contribution in [1.82, 2.24) is 4.98 Å². The number of anilines is 1. The molecule has 3 aliphatic rings. The molecule has 1 aromatic heterocycles. The van der Waals surface area contributed by atoms with Gasteiger partial charge in [0.05, 0.1) is 5.41 Å². The molecule has 1 heterocycles.